The molecular weight excluding hydrogens is 408 g/mol. The molecule has 32 heavy (non-hydrogen) atoms. The normalized spacial score (nSPS) is 18.6. The van der Waals surface area contributed by atoms with E-state index >= 15 is 0 Å². The molecule has 0 radical (unpaired) electrons. The van der Waals surface area contributed by atoms with Gasteiger partial charge in [0.15, 0.2) is 0 Å². The molecule has 0 aromatic heterocycles. The van der Waals surface area contributed by atoms with Crippen LogP contribution >= 0.6 is 0 Å². The number of esters is 1. The van der Waals surface area contributed by atoms with Crippen LogP contribution < -0.4 is 14.2 Å². The summed E-state index contributed by atoms with van der Waals surface area (Å²) in [5.41, 5.74) is 2.89. The molecule has 2 aliphatic heterocycles. The molecule has 6 heteroatoms. The molecule has 2 saturated heterocycles. The van der Waals surface area contributed by atoms with Crippen molar-refractivity contribution in [2.24, 2.45) is 0 Å². The van der Waals surface area contributed by atoms with Crippen LogP contribution in [0.5, 0.6) is 17.2 Å². The van der Waals surface area contributed by atoms with Gasteiger partial charge in [-0.3, -0.25) is 0 Å². The van der Waals surface area contributed by atoms with Gasteiger partial charge >= 0.3 is 5.97 Å². The van der Waals surface area contributed by atoms with E-state index in [0.717, 1.165) is 37.4 Å². The van der Waals surface area contributed by atoms with Gasteiger partial charge in [-0.1, -0.05) is 24.3 Å². The van der Waals surface area contributed by atoms with Crippen molar-refractivity contribution in [3.8, 4) is 17.2 Å². The average molecular weight is 432 g/mol. The van der Waals surface area contributed by atoms with E-state index in [1.807, 2.05) is 36.4 Å². The van der Waals surface area contributed by atoms with Gasteiger partial charge < -0.3 is 23.7 Å². The van der Waals surface area contributed by atoms with Gasteiger partial charge in [-0.2, -0.15) is 0 Å². The zero-order valence-corrected chi connectivity index (χ0v) is 17.6. The summed E-state index contributed by atoms with van der Waals surface area (Å²) in [6.45, 7) is 1.76. The predicted octanol–water partition coefficient (Wildman–Crippen LogP) is 4.20. The molecule has 0 spiro atoms. The van der Waals surface area contributed by atoms with Crippen LogP contribution in [0.15, 0.2) is 72.8 Å². The van der Waals surface area contributed by atoms with Crippen molar-refractivity contribution < 1.29 is 28.5 Å². The van der Waals surface area contributed by atoms with Gasteiger partial charge in [-0.15, -0.1) is 0 Å². The first kappa shape index (κ1) is 20.5. The van der Waals surface area contributed by atoms with Crippen LogP contribution in [0, 0.1) is 0 Å². The summed E-state index contributed by atoms with van der Waals surface area (Å²) in [6, 6.07) is 22.2. The molecular formula is C26H24O6. The molecule has 0 amide bonds. The summed E-state index contributed by atoms with van der Waals surface area (Å²) in [4.78, 5) is 12.4. The smallest absolute Gasteiger partial charge is 0.343 e. The largest absolute Gasteiger partial charge is 0.458 e. The van der Waals surface area contributed by atoms with E-state index in [2.05, 4.69) is 0 Å². The highest BCUT2D eigenvalue weighted by Crippen LogP contribution is 2.22. The Hall–Kier alpha value is -3.35. The monoisotopic (exact) mass is 432 g/mol. The number of carbonyl (C=O) groups excluding carboxylic acids is 1. The number of hydrogen-bond donors (Lipinski definition) is 0. The lowest BCUT2D eigenvalue weighted by atomic mass is 10.1. The SMILES string of the molecule is O=C(Oc1ccc(OCOc2ccc(CC3CO3)cc2)cc1)c1ccc(CC2CO2)cc1. The van der Waals surface area contributed by atoms with Crippen LogP contribution in [0.2, 0.25) is 0 Å². The maximum absolute atomic E-state index is 12.4. The minimum Gasteiger partial charge on any atom is -0.458 e. The Morgan fingerprint density at radius 1 is 0.688 bits per heavy atom. The fourth-order valence-electron chi connectivity index (χ4n) is 3.33. The van der Waals surface area contributed by atoms with Gasteiger partial charge in [0.1, 0.15) is 17.2 Å². The predicted molar refractivity (Wildman–Crippen MR) is 117 cm³/mol. The highest BCUT2D eigenvalue weighted by molar-refractivity contribution is 5.91. The van der Waals surface area contributed by atoms with Gasteiger partial charge in [0.2, 0.25) is 6.79 Å². The molecule has 3 aromatic rings. The van der Waals surface area contributed by atoms with Gasteiger partial charge in [-0.05, 0) is 59.7 Å². The highest BCUT2D eigenvalue weighted by atomic mass is 16.7. The Morgan fingerprint density at radius 3 is 1.62 bits per heavy atom. The summed E-state index contributed by atoms with van der Waals surface area (Å²) in [6.07, 6.45) is 2.52. The van der Waals surface area contributed by atoms with Crippen molar-refractivity contribution in [3.05, 3.63) is 89.5 Å². The highest BCUT2D eigenvalue weighted by Gasteiger charge is 2.23. The van der Waals surface area contributed by atoms with Crippen LogP contribution in [-0.2, 0) is 22.3 Å². The summed E-state index contributed by atoms with van der Waals surface area (Å²) >= 11 is 0. The molecule has 6 nitrogen and oxygen atoms in total. The second-order valence-corrected chi connectivity index (χ2v) is 7.93. The maximum atomic E-state index is 12.4. The first-order valence-corrected chi connectivity index (χ1v) is 10.7. The van der Waals surface area contributed by atoms with Crippen LogP contribution in [-0.4, -0.2) is 38.2 Å². The van der Waals surface area contributed by atoms with E-state index in [0.29, 0.717) is 29.3 Å². The average Bonchev–Trinajstić information content (AvgIpc) is 3.74. The molecule has 2 heterocycles. The van der Waals surface area contributed by atoms with Crippen molar-refractivity contribution in [3.63, 3.8) is 0 Å². The first-order chi connectivity index (χ1) is 15.7. The second-order valence-electron chi connectivity index (χ2n) is 7.93. The van der Waals surface area contributed by atoms with Crippen LogP contribution in [0.25, 0.3) is 0 Å². The van der Waals surface area contributed by atoms with Crippen molar-refractivity contribution in [1.29, 1.82) is 0 Å². The number of ether oxygens (including phenoxy) is 5. The molecule has 0 aliphatic carbocycles. The van der Waals surface area contributed by atoms with Crippen LogP contribution in [0.3, 0.4) is 0 Å². The molecule has 0 saturated carbocycles. The van der Waals surface area contributed by atoms with Crippen LogP contribution in [0.1, 0.15) is 21.5 Å². The zero-order chi connectivity index (χ0) is 21.8. The molecule has 3 aromatic carbocycles. The summed E-state index contributed by atoms with van der Waals surface area (Å²) in [5, 5.41) is 0. The minimum absolute atomic E-state index is 0.0858. The minimum atomic E-state index is -0.395. The van der Waals surface area contributed by atoms with E-state index in [4.69, 9.17) is 23.7 Å². The lowest BCUT2D eigenvalue weighted by Gasteiger charge is -2.10. The van der Waals surface area contributed by atoms with Crippen molar-refractivity contribution in [1.82, 2.24) is 0 Å². The molecule has 2 aliphatic rings. The summed E-state index contributed by atoms with van der Waals surface area (Å²) in [5.74, 6) is 1.42. The van der Waals surface area contributed by atoms with Gasteiger partial charge in [0.25, 0.3) is 0 Å². The van der Waals surface area contributed by atoms with Crippen LogP contribution in [0.4, 0.5) is 0 Å². The second kappa shape index (κ2) is 9.42. The van der Waals surface area contributed by atoms with E-state index < -0.39 is 5.97 Å². The Morgan fingerprint density at radius 2 is 1.12 bits per heavy atom. The lowest BCUT2D eigenvalue weighted by Crippen LogP contribution is -2.09. The third-order valence-electron chi connectivity index (χ3n) is 5.33. The summed E-state index contributed by atoms with van der Waals surface area (Å²) < 4.78 is 27.2. The Kier molecular flexibility index (Phi) is 6.05. The number of rotatable bonds is 10. The number of epoxide rings is 2. The Balaban J connectivity index is 1.07. The van der Waals surface area contributed by atoms with Gasteiger partial charge in [0.05, 0.1) is 31.0 Å². The summed E-state index contributed by atoms with van der Waals surface area (Å²) in [7, 11) is 0. The third kappa shape index (κ3) is 5.87. The number of hydrogen-bond acceptors (Lipinski definition) is 6. The molecule has 164 valence electrons. The molecule has 5 rings (SSSR count). The number of benzene rings is 3. The van der Waals surface area contributed by atoms with E-state index in [1.165, 1.54) is 5.56 Å². The van der Waals surface area contributed by atoms with E-state index in [-0.39, 0.29) is 6.79 Å². The molecule has 2 unspecified atom stereocenters. The van der Waals surface area contributed by atoms with Crippen molar-refractivity contribution in [2.75, 3.05) is 20.0 Å². The van der Waals surface area contributed by atoms with E-state index in [9.17, 15) is 4.79 Å². The maximum Gasteiger partial charge on any atom is 0.343 e. The molecule has 2 fully saturated rings. The Labute approximate surface area is 186 Å². The quantitative estimate of drug-likeness (QED) is 0.207. The van der Waals surface area contributed by atoms with Crippen molar-refractivity contribution in [2.45, 2.75) is 25.0 Å². The molecule has 0 N–H and O–H groups in total. The fourth-order valence-corrected chi connectivity index (χ4v) is 3.33. The Bertz CT molecular complexity index is 1040. The van der Waals surface area contributed by atoms with Crippen molar-refractivity contribution >= 4 is 5.97 Å². The van der Waals surface area contributed by atoms with E-state index in [1.54, 1.807) is 36.4 Å². The lowest BCUT2D eigenvalue weighted by molar-refractivity contribution is 0.0734. The topological polar surface area (TPSA) is 69.8 Å². The van der Waals surface area contributed by atoms with Gasteiger partial charge in [-0.25, -0.2) is 4.79 Å². The first-order valence-electron chi connectivity index (χ1n) is 10.7. The number of carbonyl (C=O) groups is 1. The van der Waals surface area contributed by atoms with Gasteiger partial charge in [0, 0.05) is 12.8 Å². The molecule has 0 bridgehead atoms. The fraction of sp³-hybridized carbons (Fsp3) is 0.269. The standard InChI is InChI=1S/C26H24O6/c27-26(20-5-1-18(2-6-20)13-24-15-28-24)32-23-11-9-22(10-12-23)31-17-30-21-7-3-19(4-8-21)14-25-16-29-25/h1-12,24-25H,13-17H2. The zero-order valence-electron chi connectivity index (χ0n) is 17.6. The molecule has 2 atom stereocenters. The third-order valence-corrected chi connectivity index (χ3v) is 5.33.